The number of anilines is 1. The molecule has 0 heterocycles. The van der Waals surface area contributed by atoms with Crippen LogP contribution in [-0.4, -0.2) is 20.9 Å². The van der Waals surface area contributed by atoms with Crippen LogP contribution in [0.15, 0.2) is 71.6 Å². The zero-order valence-electron chi connectivity index (χ0n) is 16.6. The molecule has 31 heavy (non-hydrogen) atoms. The number of hydrogen-bond acceptors (Lipinski definition) is 4. The third-order valence-electron chi connectivity index (χ3n) is 4.24. The molecule has 0 saturated heterocycles. The van der Waals surface area contributed by atoms with Crippen LogP contribution in [0.2, 0.25) is 10.0 Å². The second-order valence-corrected chi connectivity index (χ2v) is 9.29. The summed E-state index contributed by atoms with van der Waals surface area (Å²) < 4.78 is 33.0. The number of aryl methyl sites for hydroxylation is 1. The summed E-state index contributed by atoms with van der Waals surface area (Å²) in [7, 11) is -3.85. The largest absolute Gasteiger partial charge is 0.482 e. The number of rotatable bonds is 8. The van der Waals surface area contributed by atoms with Gasteiger partial charge in [-0.05, 0) is 55.0 Å². The van der Waals surface area contributed by atoms with Gasteiger partial charge < -0.3 is 10.1 Å². The van der Waals surface area contributed by atoms with Gasteiger partial charge >= 0.3 is 0 Å². The molecule has 3 rings (SSSR count). The van der Waals surface area contributed by atoms with Crippen LogP contribution in [-0.2, 0) is 21.4 Å². The molecule has 0 saturated carbocycles. The Morgan fingerprint density at radius 1 is 1.00 bits per heavy atom. The maximum Gasteiger partial charge on any atom is 0.261 e. The Balaban J connectivity index is 1.58. The molecule has 0 aliphatic carbocycles. The molecule has 162 valence electrons. The van der Waals surface area contributed by atoms with E-state index in [0.717, 1.165) is 11.1 Å². The van der Waals surface area contributed by atoms with Crippen LogP contribution in [0.1, 0.15) is 11.1 Å². The molecule has 0 fully saturated rings. The highest BCUT2D eigenvalue weighted by molar-refractivity contribution is 7.92. The number of ether oxygens (including phenoxy) is 1. The first-order chi connectivity index (χ1) is 14.7. The van der Waals surface area contributed by atoms with Crippen LogP contribution in [0.5, 0.6) is 5.75 Å². The average molecular weight is 479 g/mol. The van der Waals surface area contributed by atoms with Crippen molar-refractivity contribution in [3.63, 3.8) is 0 Å². The monoisotopic (exact) mass is 478 g/mol. The number of benzene rings is 3. The minimum Gasteiger partial charge on any atom is -0.482 e. The van der Waals surface area contributed by atoms with Crippen LogP contribution in [0.4, 0.5) is 5.69 Å². The van der Waals surface area contributed by atoms with Crippen molar-refractivity contribution in [2.24, 2.45) is 0 Å². The summed E-state index contributed by atoms with van der Waals surface area (Å²) in [6.07, 6.45) is 0. The summed E-state index contributed by atoms with van der Waals surface area (Å²) in [4.78, 5) is 12.0. The molecule has 0 atom stereocenters. The van der Waals surface area contributed by atoms with E-state index in [1.807, 2.05) is 31.2 Å². The summed E-state index contributed by atoms with van der Waals surface area (Å²) in [5.41, 5.74) is 2.45. The van der Waals surface area contributed by atoms with Gasteiger partial charge in [0.25, 0.3) is 15.9 Å². The summed E-state index contributed by atoms with van der Waals surface area (Å²) in [5, 5.41) is 3.33. The Kier molecular flexibility index (Phi) is 7.43. The summed E-state index contributed by atoms with van der Waals surface area (Å²) >= 11 is 12.0. The number of carbonyl (C=O) groups is 1. The lowest BCUT2D eigenvalue weighted by molar-refractivity contribution is -0.123. The number of amides is 1. The van der Waals surface area contributed by atoms with E-state index in [4.69, 9.17) is 27.9 Å². The Morgan fingerprint density at radius 3 is 2.42 bits per heavy atom. The van der Waals surface area contributed by atoms with E-state index in [1.165, 1.54) is 18.2 Å². The van der Waals surface area contributed by atoms with Gasteiger partial charge in [-0.2, -0.15) is 0 Å². The minimum absolute atomic E-state index is 0.0382. The molecule has 0 bridgehead atoms. The number of halogens is 2. The lowest BCUT2D eigenvalue weighted by atomic mass is 10.1. The number of hydrogen-bond donors (Lipinski definition) is 2. The maximum absolute atomic E-state index is 12.6. The smallest absolute Gasteiger partial charge is 0.261 e. The van der Waals surface area contributed by atoms with Gasteiger partial charge in [-0.15, -0.1) is 0 Å². The van der Waals surface area contributed by atoms with Gasteiger partial charge in [0.2, 0.25) is 0 Å². The topological polar surface area (TPSA) is 84.5 Å². The van der Waals surface area contributed by atoms with E-state index in [0.29, 0.717) is 17.3 Å². The van der Waals surface area contributed by atoms with E-state index in [2.05, 4.69) is 10.0 Å². The van der Waals surface area contributed by atoms with E-state index >= 15 is 0 Å². The third-order valence-corrected chi connectivity index (χ3v) is 6.17. The van der Waals surface area contributed by atoms with E-state index in [1.54, 1.807) is 24.3 Å². The van der Waals surface area contributed by atoms with Gasteiger partial charge in [0.1, 0.15) is 5.75 Å². The van der Waals surface area contributed by atoms with Crippen molar-refractivity contribution in [2.75, 3.05) is 11.3 Å². The van der Waals surface area contributed by atoms with Crippen molar-refractivity contribution >= 4 is 44.8 Å². The number of carbonyl (C=O) groups excluding carboxylic acids is 1. The molecule has 0 radical (unpaired) electrons. The fourth-order valence-electron chi connectivity index (χ4n) is 2.71. The van der Waals surface area contributed by atoms with E-state index in [-0.39, 0.29) is 28.2 Å². The normalized spacial score (nSPS) is 11.1. The molecule has 0 aromatic heterocycles. The summed E-state index contributed by atoms with van der Waals surface area (Å²) in [5.74, 6) is -0.114. The third kappa shape index (κ3) is 6.62. The Morgan fingerprint density at radius 2 is 1.74 bits per heavy atom. The molecule has 0 spiro atoms. The predicted octanol–water partition coefficient (Wildman–Crippen LogP) is 4.80. The van der Waals surface area contributed by atoms with Crippen molar-refractivity contribution < 1.29 is 17.9 Å². The molecular weight excluding hydrogens is 459 g/mol. The van der Waals surface area contributed by atoms with Crippen molar-refractivity contribution in [1.29, 1.82) is 0 Å². The first kappa shape index (κ1) is 22.9. The SMILES string of the molecule is Cc1cccc(CNC(=O)COc2ccc(S(=O)(=O)Nc3ccc(Cl)cc3)cc2Cl)c1. The maximum atomic E-state index is 12.6. The van der Waals surface area contributed by atoms with Gasteiger partial charge in [0, 0.05) is 17.3 Å². The molecule has 0 aliphatic heterocycles. The Hall–Kier alpha value is -2.74. The van der Waals surface area contributed by atoms with Gasteiger partial charge in [-0.25, -0.2) is 8.42 Å². The van der Waals surface area contributed by atoms with Crippen LogP contribution in [0.25, 0.3) is 0 Å². The van der Waals surface area contributed by atoms with Crippen molar-refractivity contribution in [2.45, 2.75) is 18.4 Å². The van der Waals surface area contributed by atoms with Crippen LogP contribution < -0.4 is 14.8 Å². The molecule has 3 aromatic carbocycles. The second-order valence-electron chi connectivity index (χ2n) is 6.76. The highest BCUT2D eigenvalue weighted by Crippen LogP contribution is 2.28. The summed E-state index contributed by atoms with van der Waals surface area (Å²) in [6.45, 7) is 2.11. The minimum atomic E-state index is -3.85. The molecule has 1 amide bonds. The van der Waals surface area contributed by atoms with Crippen LogP contribution >= 0.6 is 23.2 Å². The van der Waals surface area contributed by atoms with Gasteiger partial charge in [0.15, 0.2) is 6.61 Å². The number of sulfonamides is 1. The lowest BCUT2D eigenvalue weighted by Gasteiger charge is -2.12. The summed E-state index contributed by atoms with van der Waals surface area (Å²) in [6, 6.07) is 18.1. The zero-order valence-corrected chi connectivity index (χ0v) is 18.9. The molecule has 3 aromatic rings. The first-order valence-corrected chi connectivity index (χ1v) is 11.5. The Bertz CT molecular complexity index is 1180. The second kappa shape index (κ2) is 10.0. The molecule has 0 aliphatic rings. The average Bonchev–Trinajstić information content (AvgIpc) is 2.73. The predicted molar refractivity (Wildman–Crippen MR) is 122 cm³/mol. The first-order valence-electron chi connectivity index (χ1n) is 9.26. The van der Waals surface area contributed by atoms with Crippen molar-refractivity contribution in [3.8, 4) is 5.75 Å². The fraction of sp³-hybridized carbons (Fsp3) is 0.136. The molecule has 9 heteroatoms. The highest BCUT2D eigenvalue weighted by Gasteiger charge is 2.17. The van der Waals surface area contributed by atoms with Gasteiger partial charge in [0.05, 0.1) is 9.92 Å². The molecule has 2 N–H and O–H groups in total. The molecule has 0 unspecified atom stereocenters. The van der Waals surface area contributed by atoms with E-state index in [9.17, 15) is 13.2 Å². The number of nitrogens with one attached hydrogen (secondary N) is 2. The van der Waals surface area contributed by atoms with E-state index < -0.39 is 10.0 Å². The van der Waals surface area contributed by atoms with Gasteiger partial charge in [-0.3, -0.25) is 9.52 Å². The van der Waals surface area contributed by atoms with Crippen LogP contribution in [0.3, 0.4) is 0 Å². The lowest BCUT2D eigenvalue weighted by Crippen LogP contribution is -2.28. The highest BCUT2D eigenvalue weighted by atomic mass is 35.5. The fourth-order valence-corrected chi connectivity index (χ4v) is 4.23. The quantitative estimate of drug-likeness (QED) is 0.486. The van der Waals surface area contributed by atoms with Crippen LogP contribution in [0, 0.1) is 6.92 Å². The van der Waals surface area contributed by atoms with Crippen molar-refractivity contribution in [3.05, 3.63) is 87.9 Å². The van der Waals surface area contributed by atoms with Crippen molar-refractivity contribution in [1.82, 2.24) is 5.32 Å². The molecule has 6 nitrogen and oxygen atoms in total. The molecular formula is C22H20Cl2N2O4S. The Labute approximate surface area is 191 Å². The van der Waals surface area contributed by atoms with Gasteiger partial charge in [-0.1, -0.05) is 53.0 Å². The standard InChI is InChI=1S/C22H20Cl2N2O4S/c1-15-3-2-4-16(11-15)13-25-22(27)14-30-21-10-9-19(12-20(21)24)31(28,29)26-18-7-5-17(23)6-8-18/h2-12,26H,13-14H2,1H3,(H,25,27). The zero-order chi connectivity index (χ0) is 22.4.